The second-order valence-electron chi connectivity index (χ2n) is 5.87. The van der Waals surface area contributed by atoms with Gasteiger partial charge in [-0.2, -0.15) is 0 Å². The molecule has 0 aliphatic carbocycles. The first-order valence-corrected chi connectivity index (χ1v) is 7.80. The first kappa shape index (κ1) is 17.2. The molecule has 0 spiro atoms. The Balaban J connectivity index is 1.70. The Labute approximate surface area is 143 Å². The summed E-state index contributed by atoms with van der Waals surface area (Å²) in [7, 11) is 2.05. The van der Waals surface area contributed by atoms with Crippen molar-refractivity contribution in [3.05, 3.63) is 53.5 Å². The molecule has 0 bridgehead atoms. The van der Waals surface area contributed by atoms with Crippen molar-refractivity contribution in [1.82, 2.24) is 9.88 Å². The summed E-state index contributed by atoms with van der Waals surface area (Å²) in [5.41, 5.74) is -0.228. The quantitative estimate of drug-likeness (QED) is 0.864. The maximum Gasteiger partial charge on any atom is 0.257 e. The fraction of sp³-hybridized carbons (Fsp3) is 0.294. The number of hydrogen-bond donors (Lipinski definition) is 1. The highest BCUT2D eigenvalue weighted by Crippen LogP contribution is 2.21. The molecular formula is C17H17F3N4O. The van der Waals surface area contributed by atoms with Crippen LogP contribution in [0.2, 0.25) is 0 Å². The number of piperazine rings is 1. The van der Waals surface area contributed by atoms with Gasteiger partial charge in [0.2, 0.25) is 0 Å². The molecule has 1 amide bonds. The van der Waals surface area contributed by atoms with Gasteiger partial charge in [-0.05, 0) is 31.3 Å². The molecule has 25 heavy (non-hydrogen) atoms. The van der Waals surface area contributed by atoms with Crippen molar-refractivity contribution in [3.63, 3.8) is 0 Å². The molecule has 0 atom stereocenters. The minimum absolute atomic E-state index is 0.196. The van der Waals surface area contributed by atoms with Gasteiger partial charge >= 0.3 is 0 Å². The third kappa shape index (κ3) is 3.74. The van der Waals surface area contributed by atoms with Crippen LogP contribution in [0.15, 0.2) is 30.5 Å². The highest BCUT2D eigenvalue weighted by Gasteiger charge is 2.18. The maximum atomic E-state index is 13.6. The molecule has 0 saturated carbocycles. The Morgan fingerprint density at radius 1 is 1.04 bits per heavy atom. The minimum Gasteiger partial charge on any atom is -0.354 e. The fourth-order valence-electron chi connectivity index (χ4n) is 2.56. The van der Waals surface area contributed by atoms with Crippen molar-refractivity contribution in [2.75, 3.05) is 43.4 Å². The maximum absolute atomic E-state index is 13.6. The molecule has 1 fully saturated rings. The topological polar surface area (TPSA) is 48.5 Å². The lowest BCUT2D eigenvalue weighted by Crippen LogP contribution is -2.44. The second kappa shape index (κ2) is 7.10. The number of anilines is 2. The van der Waals surface area contributed by atoms with Crippen molar-refractivity contribution in [3.8, 4) is 0 Å². The molecule has 1 N–H and O–H groups in total. The molecular weight excluding hydrogens is 333 g/mol. The first-order chi connectivity index (χ1) is 12.0. The van der Waals surface area contributed by atoms with Crippen molar-refractivity contribution in [2.24, 2.45) is 0 Å². The fourth-order valence-corrected chi connectivity index (χ4v) is 2.56. The average Bonchev–Trinajstić information content (AvgIpc) is 2.63. The molecule has 2 aromatic rings. The molecule has 1 aliphatic heterocycles. The summed E-state index contributed by atoms with van der Waals surface area (Å²) in [4.78, 5) is 20.7. The molecule has 1 aromatic carbocycles. The highest BCUT2D eigenvalue weighted by atomic mass is 19.2. The average molecular weight is 350 g/mol. The van der Waals surface area contributed by atoms with Gasteiger partial charge in [-0.1, -0.05) is 0 Å². The van der Waals surface area contributed by atoms with E-state index in [1.54, 1.807) is 12.1 Å². The van der Waals surface area contributed by atoms with Crippen LogP contribution in [-0.4, -0.2) is 49.0 Å². The Kier molecular flexibility index (Phi) is 4.89. The number of aromatic nitrogens is 1. The summed E-state index contributed by atoms with van der Waals surface area (Å²) in [6.07, 6.45) is 1.38. The summed E-state index contributed by atoms with van der Waals surface area (Å²) in [5, 5.41) is 2.22. The summed E-state index contributed by atoms with van der Waals surface area (Å²) in [6.45, 7) is 3.54. The van der Waals surface area contributed by atoms with Crippen LogP contribution in [0.5, 0.6) is 0 Å². The lowest BCUT2D eigenvalue weighted by molar-refractivity contribution is 0.102. The summed E-state index contributed by atoms with van der Waals surface area (Å²) in [6, 6.07) is 5.00. The number of hydrogen-bond acceptors (Lipinski definition) is 4. The zero-order valence-electron chi connectivity index (χ0n) is 13.6. The Bertz CT molecular complexity index is 774. The van der Waals surface area contributed by atoms with Crippen molar-refractivity contribution in [2.45, 2.75) is 0 Å². The number of likely N-dealkylation sites (N-methyl/N-ethyl adjacent to an activating group) is 1. The van der Waals surface area contributed by atoms with Crippen molar-refractivity contribution >= 4 is 17.4 Å². The van der Waals surface area contributed by atoms with Crippen LogP contribution in [0.4, 0.5) is 24.7 Å². The van der Waals surface area contributed by atoms with Gasteiger partial charge in [-0.3, -0.25) is 4.79 Å². The monoisotopic (exact) mass is 350 g/mol. The van der Waals surface area contributed by atoms with Gasteiger partial charge in [-0.25, -0.2) is 18.2 Å². The van der Waals surface area contributed by atoms with Crippen LogP contribution in [0.1, 0.15) is 10.4 Å². The lowest BCUT2D eigenvalue weighted by atomic mass is 10.2. The molecule has 1 aliphatic rings. The van der Waals surface area contributed by atoms with Crippen molar-refractivity contribution in [1.29, 1.82) is 0 Å². The molecule has 3 rings (SSSR count). The Morgan fingerprint density at radius 2 is 1.76 bits per heavy atom. The number of pyridine rings is 1. The van der Waals surface area contributed by atoms with Gasteiger partial charge in [0.15, 0.2) is 17.5 Å². The van der Waals surface area contributed by atoms with Crippen LogP contribution in [-0.2, 0) is 0 Å². The van der Waals surface area contributed by atoms with Crippen LogP contribution in [0.25, 0.3) is 0 Å². The predicted octanol–water partition coefficient (Wildman–Crippen LogP) is 2.50. The van der Waals surface area contributed by atoms with E-state index in [0.29, 0.717) is 0 Å². The Hall–Kier alpha value is -2.61. The first-order valence-electron chi connectivity index (χ1n) is 7.80. The number of amides is 1. The van der Waals surface area contributed by atoms with Crippen LogP contribution < -0.4 is 10.2 Å². The standard InChI is InChI=1S/C17H17F3N4O/c1-23-6-8-24(9-7-23)14-5-2-11(10-21-14)17(25)22-13-4-3-12(18)15(19)16(13)20/h2-5,10H,6-9H2,1H3,(H,22,25). The van der Waals surface area contributed by atoms with E-state index < -0.39 is 29.0 Å². The van der Waals surface area contributed by atoms with Gasteiger partial charge in [0.25, 0.3) is 5.91 Å². The number of nitrogens with zero attached hydrogens (tertiary/aromatic N) is 3. The van der Waals surface area contributed by atoms with E-state index >= 15 is 0 Å². The molecule has 2 heterocycles. The number of rotatable bonds is 3. The SMILES string of the molecule is CN1CCN(c2ccc(C(=O)Nc3ccc(F)c(F)c3F)cn2)CC1. The smallest absolute Gasteiger partial charge is 0.257 e. The van der Waals surface area contributed by atoms with Crippen molar-refractivity contribution < 1.29 is 18.0 Å². The van der Waals surface area contributed by atoms with Crippen LogP contribution in [0.3, 0.4) is 0 Å². The van der Waals surface area contributed by atoms with E-state index in [2.05, 4.69) is 27.1 Å². The van der Waals surface area contributed by atoms with Gasteiger partial charge in [0, 0.05) is 32.4 Å². The van der Waals surface area contributed by atoms with E-state index in [4.69, 9.17) is 0 Å². The van der Waals surface area contributed by atoms with E-state index in [0.717, 1.165) is 44.1 Å². The van der Waals surface area contributed by atoms with E-state index in [1.807, 2.05) is 0 Å². The van der Waals surface area contributed by atoms with E-state index in [9.17, 15) is 18.0 Å². The largest absolute Gasteiger partial charge is 0.354 e. The molecule has 0 radical (unpaired) electrons. The number of nitrogens with one attached hydrogen (secondary N) is 1. The zero-order chi connectivity index (χ0) is 18.0. The molecule has 5 nitrogen and oxygen atoms in total. The third-order valence-electron chi connectivity index (χ3n) is 4.12. The molecule has 8 heteroatoms. The summed E-state index contributed by atoms with van der Waals surface area (Å²) in [5.74, 6) is -4.27. The normalized spacial score (nSPS) is 15.3. The predicted molar refractivity (Wildman–Crippen MR) is 88.2 cm³/mol. The number of halogens is 3. The number of carbonyl (C=O) groups excluding carboxylic acids is 1. The summed E-state index contributed by atoms with van der Waals surface area (Å²) < 4.78 is 39.7. The van der Waals surface area contributed by atoms with Crippen LogP contribution >= 0.6 is 0 Å². The molecule has 132 valence electrons. The number of benzene rings is 1. The van der Waals surface area contributed by atoms with Gasteiger partial charge in [0.1, 0.15) is 5.82 Å². The van der Waals surface area contributed by atoms with Crippen LogP contribution in [0, 0.1) is 17.5 Å². The van der Waals surface area contributed by atoms with E-state index in [-0.39, 0.29) is 5.56 Å². The zero-order valence-corrected chi connectivity index (χ0v) is 13.6. The minimum atomic E-state index is -1.62. The lowest BCUT2D eigenvalue weighted by Gasteiger charge is -2.33. The highest BCUT2D eigenvalue weighted by molar-refractivity contribution is 6.04. The second-order valence-corrected chi connectivity index (χ2v) is 5.87. The van der Waals surface area contributed by atoms with E-state index in [1.165, 1.54) is 6.20 Å². The third-order valence-corrected chi connectivity index (χ3v) is 4.12. The molecule has 1 aromatic heterocycles. The number of carbonyl (C=O) groups is 1. The molecule has 1 saturated heterocycles. The van der Waals surface area contributed by atoms with Gasteiger partial charge in [-0.15, -0.1) is 0 Å². The summed E-state index contributed by atoms with van der Waals surface area (Å²) >= 11 is 0. The Morgan fingerprint density at radius 3 is 2.40 bits per heavy atom. The van der Waals surface area contributed by atoms with Gasteiger partial charge in [0.05, 0.1) is 11.3 Å². The molecule has 0 unspecified atom stereocenters. The van der Waals surface area contributed by atoms with Gasteiger partial charge < -0.3 is 15.1 Å².